The van der Waals surface area contributed by atoms with Gasteiger partial charge in [-0.05, 0) is 68.5 Å². The lowest BCUT2D eigenvalue weighted by Gasteiger charge is -2.17. The van der Waals surface area contributed by atoms with Crippen LogP contribution in [0.1, 0.15) is 36.6 Å². The third-order valence-corrected chi connectivity index (χ3v) is 5.46. The fourth-order valence-electron chi connectivity index (χ4n) is 4.20. The maximum Gasteiger partial charge on any atom is 0.0485 e. The molecule has 0 bridgehead atoms. The van der Waals surface area contributed by atoms with Crippen molar-refractivity contribution in [1.29, 1.82) is 0 Å². The Kier molecular flexibility index (Phi) is 5.26. The van der Waals surface area contributed by atoms with Crippen LogP contribution >= 0.6 is 0 Å². The molecule has 0 fully saturated rings. The molecule has 1 aliphatic heterocycles. The Morgan fingerprint density at radius 2 is 1.85 bits per heavy atom. The van der Waals surface area contributed by atoms with Gasteiger partial charge in [-0.3, -0.25) is 0 Å². The molecule has 0 spiro atoms. The predicted molar refractivity (Wildman–Crippen MR) is 111 cm³/mol. The number of hydrogen-bond donors (Lipinski definition) is 2. The van der Waals surface area contributed by atoms with E-state index >= 15 is 0 Å². The minimum atomic E-state index is 0.931. The van der Waals surface area contributed by atoms with Crippen LogP contribution < -0.4 is 10.6 Å². The normalized spacial score (nSPS) is 13.7. The predicted octanol–water partition coefficient (Wildman–Crippen LogP) is 4.74. The van der Waals surface area contributed by atoms with Gasteiger partial charge in [0.15, 0.2) is 0 Å². The minimum absolute atomic E-state index is 0.931. The topological polar surface area (TPSA) is 29.0 Å². The molecule has 0 unspecified atom stereocenters. The summed E-state index contributed by atoms with van der Waals surface area (Å²) in [6, 6.07) is 17.7. The molecule has 3 nitrogen and oxygen atoms in total. The third-order valence-electron chi connectivity index (χ3n) is 5.46. The lowest BCUT2D eigenvalue weighted by Crippen LogP contribution is -2.18. The zero-order valence-corrected chi connectivity index (χ0v) is 15.7. The number of benzene rings is 2. The first-order chi connectivity index (χ1) is 12.9. The van der Waals surface area contributed by atoms with E-state index in [0.717, 1.165) is 26.1 Å². The SMILES string of the molecule is CCNc1ccc(CNCCc2c3n(c4ccccc24)CCCC3)cc1. The summed E-state index contributed by atoms with van der Waals surface area (Å²) in [6.07, 6.45) is 4.98. The summed E-state index contributed by atoms with van der Waals surface area (Å²) >= 11 is 0. The van der Waals surface area contributed by atoms with Crippen LogP contribution in [0.5, 0.6) is 0 Å². The monoisotopic (exact) mass is 347 g/mol. The number of nitrogens with zero attached hydrogens (tertiary/aromatic N) is 1. The summed E-state index contributed by atoms with van der Waals surface area (Å²) in [7, 11) is 0. The van der Waals surface area contributed by atoms with Gasteiger partial charge >= 0.3 is 0 Å². The second-order valence-electron chi connectivity index (χ2n) is 7.21. The Morgan fingerprint density at radius 3 is 2.69 bits per heavy atom. The van der Waals surface area contributed by atoms with Gasteiger partial charge in [0.25, 0.3) is 0 Å². The maximum atomic E-state index is 3.63. The lowest BCUT2D eigenvalue weighted by molar-refractivity contribution is 0.539. The molecule has 0 radical (unpaired) electrons. The second-order valence-corrected chi connectivity index (χ2v) is 7.21. The first kappa shape index (κ1) is 17.2. The minimum Gasteiger partial charge on any atom is -0.385 e. The third kappa shape index (κ3) is 3.49. The van der Waals surface area contributed by atoms with Crippen molar-refractivity contribution in [3.8, 4) is 0 Å². The van der Waals surface area contributed by atoms with Crippen LogP contribution in [0.3, 0.4) is 0 Å². The van der Waals surface area contributed by atoms with E-state index in [1.54, 1.807) is 11.3 Å². The van der Waals surface area contributed by atoms with Gasteiger partial charge in [0.1, 0.15) is 0 Å². The van der Waals surface area contributed by atoms with E-state index in [0.29, 0.717) is 0 Å². The van der Waals surface area contributed by atoms with Crippen LogP contribution in [0.4, 0.5) is 5.69 Å². The van der Waals surface area contributed by atoms with Crippen LogP contribution in [0.15, 0.2) is 48.5 Å². The molecule has 1 aromatic heterocycles. The van der Waals surface area contributed by atoms with E-state index in [4.69, 9.17) is 0 Å². The van der Waals surface area contributed by atoms with Gasteiger partial charge in [0, 0.05) is 41.9 Å². The Labute approximate surface area is 156 Å². The molecular weight excluding hydrogens is 318 g/mol. The second kappa shape index (κ2) is 7.96. The van der Waals surface area contributed by atoms with Crippen molar-refractivity contribution in [1.82, 2.24) is 9.88 Å². The highest BCUT2D eigenvalue weighted by molar-refractivity contribution is 5.85. The highest BCUT2D eigenvalue weighted by Gasteiger charge is 2.18. The molecule has 0 saturated carbocycles. The number of nitrogens with one attached hydrogen (secondary N) is 2. The molecule has 0 amide bonds. The fraction of sp³-hybridized carbons (Fsp3) is 0.391. The molecule has 2 N–H and O–H groups in total. The van der Waals surface area contributed by atoms with Crippen LogP contribution in [-0.4, -0.2) is 17.7 Å². The molecular formula is C23H29N3. The van der Waals surface area contributed by atoms with Gasteiger partial charge in [0.05, 0.1) is 0 Å². The van der Waals surface area contributed by atoms with Crippen molar-refractivity contribution in [2.24, 2.45) is 0 Å². The number of aryl methyl sites for hydroxylation is 1. The number of fused-ring (bicyclic) bond motifs is 3. The molecule has 0 saturated heterocycles. The van der Waals surface area contributed by atoms with Crippen molar-refractivity contribution in [2.45, 2.75) is 45.7 Å². The molecule has 3 aromatic rings. The van der Waals surface area contributed by atoms with Gasteiger partial charge in [0.2, 0.25) is 0 Å². The highest BCUT2D eigenvalue weighted by Crippen LogP contribution is 2.30. The zero-order valence-electron chi connectivity index (χ0n) is 15.7. The van der Waals surface area contributed by atoms with Crippen LogP contribution in [-0.2, 0) is 25.9 Å². The molecule has 0 atom stereocenters. The summed E-state index contributed by atoms with van der Waals surface area (Å²) in [5.41, 5.74) is 7.11. The first-order valence-corrected chi connectivity index (χ1v) is 9.99. The molecule has 26 heavy (non-hydrogen) atoms. The van der Waals surface area contributed by atoms with E-state index in [1.807, 2.05) is 0 Å². The van der Waals surface area contributed by atoms with Crippen LogP contribution in [0.2, 0.25) is 0 Å². The van der Waals surface area contributed by atoms with Crippen LogP contribution in [0, 0.1) is 0 Å². The molecule has 1 aliphatic rings. The van der Waals surface area contributed by atoms with Crippen molar-refractivity contribution >= 4 is 16.6 Å². The molecule has 4 rings (SSSR count). The molecule has 2 aromatic carbocycles. The van der Waals surface area contributed by atoms with E-state index in [-0.39, 0.29) is 0 Å². The molecule has 0 aliphatic carbocycles. The van der Waals surface area contributed by atoms with Crippen molar-refractivity contribution in [3.05, 3.63) is 65.4 Å². The van der Waals surface area contributed by atoms with Gasteiger partial charge in [-0.1, -0.05) is 30.3 Å². The smallest absolute Gasteiger partial charge is 0.0485 e. The van der Waals surface area contributed by atoms with E-state index in [1.165, 1.54) is 48.0 Å². The van der Waals surface area contributed by atoms with Gasteiger partial charge in [-0.25, -0.2) is 0 Å². The first-order valence-electron chi connectivity index (χ1n) is 9.99. The van der Waals surface area contributed by atoms with Gasteiger partial charge in [-0.15, -0.1) is 0 Å². The number of hydrogen-bond acceptors (Lipinski definition) is 2. The fourth-order valence-corrected chi connectivity index (χ4v) is 4.20. The average Bonchev–Trinajstić information content (AvgIpc) is 3.01. The molecule has 2 heterocycles. The summed E-state index contributed by atoms with van der Waals surface area (Å²) in [5.74, 6) is 0. The van der Waals surface area contributed by atoms with Gasteiger partial charge in [-0.2, -0.15) is 0 Å². The number of para-hydroxylation sites is 1. The van der Waals surface area contributed by atoms with Crippen molar-refractivity contribution in [3.63, 3.8) is 0 Å². The quantitative estimate of drug-likeness (QED) is 0.604. The molecule has 136 valence electrons. The Hall–Kier alpha value is -2.26. The maximum absolute atomic E-state index is 3.63. The summed E-state index contributed by atoms with van der Waals surface area (Å²) in [4.78, 5) is 0. The largest absolute Gasteiger partial charge is 0.385 e. The Balaban J connectivity index is 1.40. The Bertz CT molecular complexity index is 861. The zero-order chi connectivity index (χ0) is 17.8. The summed E-state index contributed by atoms with van der Waals surface area (Å²) in [5, 5.41) is 8.44. The van der Waals surface area contributed by atoms with E-state index in [9.17, 15) is 0 Å². The van der Waals surface area contributed by atoms with Crippen LogP contribution in [0.25, 0.3) is 10.9 Å². The van der Waals surface area contributed by atoms with Crippen molar-refractivity contribution in [2.75, 3.05) is 18.4 Å². The number of aromatic nitrogens is 1. The summed E-state index contributed by atoms with van der Waals surface area (Å²) in [6.45, 7) is 6.23. The highest BCUT2D eigenvalue weighted by atomic mass is 15.0. The number of rotatable bonds is 7. The lowest BCUT2D eigenvalue weighted by atomic mass is 10.0. The van der Waals surface area contributed by atoms with Crippen molar-refractivity contribution < 1.29 is 0 Å². The Morgan fingerprint density at radius 1 is 1.00 bits per heavy atom. The van der Waals surface area contributed by atoms with E-state index in [2.05, 4.69) is 70.7 Å². The average molecular weight is 348 g/mol. The standard InChI is InChI=1S/C23H29N3/c1-2-25-19-12-10-18(11-13-19)17-24-15-14-21-20-7-3-4-8-22(20)26-16-6-5-9-23(21)26/h3-4,7-8,10-13,24-25H,2,5-6,9,14-17H2,1H3. The number of anilines is 1. The summed E-state index contributed by atoms with van der Waals surface area (Å²) < 4.78 is 2.56. The van der Waals surface area contributed by atoms with Gasteiger partial charge < -0.3 is 15.2 Å². The molecule has 3 heteroatoms. The van der Waals surface area contributed by atoms with E-state index < -0.39 is 0 Å².